The molecule has 0 atom stereocenters. The number of nitro benzene ring substituents is 1. The molecule has 1 aromatic heterocycles. The smallest absolute Gasteiger partial charge is 0.273 e. The van der Waals surface area contributed by atoms with Crippen LogP contribution in [0.2, 0.25) is 0 Å². The Morgan fingerprint density at radius 2 is 2.04 bits per heavy atom. The predicted octanol–water partition coefficient (Wildman–Crippen LogP) is 3.43. The van der Waals surface area contributed by atoms with Crippen molar-refractivity contribution >= 4 is 17.3 Å². The van der Waals surface area contributed by atoms with Crippen molar-refractivity contribution in [2.75, 3.05) is 5.32 Å². The lowest BCUT2D eigenvalue weighted by Gasteiger charge is -2.09. The maximum atomic E-state index is 12.6. The number of benzene rings is 2. The molecule has 3 aromatic rings. The van der Waals surface area contributed by atoms with E-state index in [1.807, 2.05) is 17.6 Å². The minimum Gasteiger partial charge on any atom is -0.322 e. The monoisotopic (exact) mass is 351 g/mol. The van der Waals surface area contributed by atoms with Crippen LogP contribution in [0.1, 0.15) is 22.8 Å². The van der Waals surface area contributed by atoms with E-state index in [1.54, 1.807) is 37.5 Å². The van der Waals surface area contributed by atoms with E-state index in [1.165, 1.54) is 12.1 Å². The number of hydrogen-bond donors (Lipinski definition) is 1. The van der Waals surface area contributed by atoms with E-state index < -0.39 is 10.8 Å². The van der Waals surface area contributed by atoms with Crippen molar-refractivity contribution in [3.8, 4) is 11.4 Å². The number of aromatic nitrogens is 3. The van der Waals surface area contributed by atoms with E-state index in [0.717, 1.165) is 12.1 Å². The highest BCUT2D eigenvalue weighted by atomic mass is 16.6. The van der Waals surface area contributed by atoms with Crippen molar-refractivity contribution in [2.24, 2.45) is 0 Å². The Balaban J connectivity index is 1.88. The van der Waals surface area contributed by atoms with Crippen molar-refractivity contribution in [1.29, 1.82) is 0 Å². The van der Waals surface area contributed by atoms with E-state index in [4.69, 9.17) is 0 Å². The molecule has 0 fully saturated rings. The van der Waals surface area contributed by atoms with Crippen LogP contribution in [0.3, 0.4) is 0 Å². The zero-order chi connectivity index (χ0) is 18.7. The molecule has 0 saturated heterocycles. The summed E-state index contributed by atoms with van der Waals surface area (Å²) in [5.74, 6) is 0.301. The fourth-order valence-corrected chi connectivity index (χ4v) is 2.71. The average Bonchev–Trinajstić information content (AvgIpc) is 3.10. The van der Waals surface area contributed by atoms with Gasteiger partial charge in [0.15, 0.2) is 5.82 Å². The highest BCUT2D eigenvalue weighted by Gasteiger charge is 2.18. The van der Waals surface area contributed by atoms with E-state index in [2.05, 4.69) is 15.5 Å². The van der Waals surface area contributed by atoms with Crippen molar-refractivity contribution in [3.05, 3.63) is 70.0 Å². The molecule has 0 bridgehead atoms. The molecule has 0 saturated carbocycles. The molecule has 1 amide bonds. The Labute approximate surface area is 149 Å². The molecule has 1 heterocycles. The number of amides is 1. The number of anilines is 1. The number of aryl methyl sites for hydroxylation is 1. The van der Waals surface area contributed by atoms with Gasteiger partial charge < -0.3 is 9.88 Å². The molecule has 2 aromatic carbocycles. The van der Waals surface area contributed by atoms with Crippen LogP contribution in [0, 0.1) is 17.0 Å². The molecule has 0 aliphatic rings. The highest BCUT2D eigenvalue weighted by Crippen LogP contribution is 2.24. The van der Waals surface area contributed by atoms with E-state index >= 15 is 0 Å². The molecule has 3 rings (SSSR count). The zero-order valence-electron chi connectivity index (χ0n) is 14.3. The quantitative estimate of drug-likeness (QED) is 0.560. The van der Waals surface area contributed by atoms with Gasteiger partial charge in [0, 0.05) is 35.0 Å². The first-order valence-corrected chi connectivity index (χ1v) is 8.05. The van der Waals surface area contributed by atoms with Crippen LogP contribution >= 0.6 is 0 Å². The summed E-state index contributed by atoms with van der Waals surface area (Å²) in [6, 6.07) is 11.7. The Bertz CT molecular complexity index is 980. The van der Waals surface area contributed by atoms with Gasteiger partial charge in [-0.05, 0) is 32.0 Å². The summed E-state index contributed by atoms with van der Waals surface area (Å²) in [4.78, 5) is 23.1. The summed E-state index contributed by atoms with van der Waals surface area (Å²) in [5, 5.41) is 21.8. The SMILES string of the molecule is CCn1cnnc1-c1cccc(NC(=O)c2cccc([N+](=O)[O-])c2C)c1. The molecule has 0 spiro atoms. The van der Waals surface area contributed by atoms with Gasteiger partial charge in [0.2, 0.25) is 0 Å². The highest BCUT2D eigenvalue weighted by molar-refractivity contribution is 6.06. The molecule has 0 unspecified atom stereocenters. The summed E-state index contributed by atoms with van der Waals surface area (Å²) in [6.07, 6.45) is 1.65. The van der Waals surface area contributed by atoms with E-state index in [0.29, 0.717) is 17.1 Å². The summed E-state index contributed by atoms with van der Waals surface area (Å²) >= 11 is 0. The third-order valence-electron chi connectivity index (χ3n) is 4.08. The first kappa shape index (κ1) is 17.3. The summed E-state index contributed by atoms with van der Waals surface area (Å²) < 4.78 is 1.89. The Hall–Kier alpha value is -3.55. The molecule has 0 aliphatic carbocycles. The zero-order valence-corrected chi connectivity index (χ0v) is 14.3. The van der Waals surface area contributed by atoms with Gasteiger partial charge in [0.05, 0.1) is 4.92 Å². The second-order valence-corrected chi connectivity index (χ2v) is 5.68. The van der Waals surface area contributed by atoms with Crippen LogP contribution in [0.25, 0.3) is 11.4 Å². The molecular formula is C18H17N5O3. The molecule has 8 nitrogen and oxygen atoms in total. The van der Waals surface area contributed by atoms with Crippen LogP contribution in [0.5, 0.6) is 0 Å². The molecule has 8 heteroatoms. The molecule has 0 aliphatic heterocycles. The van der Waals surface area contributed by atoms with Gasteiger partial charge in [-0.15, -0.1) is 10.2 Å². The Kier molecular flexibility index (Phi) is 4.74. The molecule has 132 valence electrons. The van der Waals surface area contributed by atoms with Crippen LogP contribution in [0.4, 0.5) is 11.4 Å². The lowest BCUT2D eigenvalue weighted by atomic mass is 10.1. The number of nitrogens with zero attached hydrogens (tertiary/aromatic N) is 4. The van der Waals surface area contributed by atoms with Crippen LogP contribution in [-0.4, -0.2) is 25.6 Å². The van der Waals surface area contributed by atoms with Crippen molar-refractivity contribution in [2.45, 2.75) is 20.4 Å². The van der Waals surface area contributed by atoms with Gasteiger partial charge in [-0.3, -0.25) is 14.9 Å². The topological polar surface area (TPSA) is 103 Å². The molecule has 1 N–H and O–H groups in total. The number of carbonyl (C=O) groups excluding carboxylic acids is 1. The number of nitrogens with one attached hydrogen (secondary N) is 1. The minimum absolute atomic E-state index is 0.0811. The molecule has 26 heavy (non-hydrogen) atoms. The minimum atomic E-state index is -0.496. The Morgan fingerprint density at radius 1 is 1.27 bits per heavy atom. The van der Waals surface area contributed by atoms with Crippen LogP contribution in [0.15, 0.2) is 48.8 Å². The second kappa shape index (κ2) is 7.14. The largest absolute Gasteiger partial charge is 0.322 e. The van der Waals surface area contributed by atoms with E-state index in [9.17, 15) is 14.9 Å². The lowest BCUT2D eigenvalue weighted by Crippen LogP contribution is -2.14. The van der Waals surface area contributed by atoms with Crippen LogP contribution in [-0.2, 0) is 6.54 Å². The third-order valence-corrected chi connectivity index (χ3v) is 4.08. The summed E-state index contributed by atoms with van der Waals surface area (Å²) in [6.45, 7) is 4.28. The second-order valence-electron chi connectivity index (χ2n) is 5.68. The Morgan fingerprint density at radius 3 is 2.77 bits per heavy atom. The molecule has 0 radical (unpaired) electrons. The normalized spacial score (nSPS) is 10.5. The number of rotatable bonds is 5. The van der Waals surface area contributed by atoms with Crippen LogP contribution < -0.4 is 5.32 Å². The summed E-state index contributed by atoms with van der Waals surface area (Å²) in [5.41, 5.74) is 1.91. The third kappa shape index (κ3) is 3.30. The number of carbonyl (C=O) groups is 1. The fourth-order valence-electron chi connectivity index (χ4n) is 2.71. The average molecular weight is 351 g/mol. The van der Waals surface area contributed by atoms with Gasteiger partial charge in [0.25, 0.3) is 11.6 Å². The van der Waals surface area contributed by atoms with Gasteiger partial charge in [-0.2, -0.15) is 0 Å². The number of nitro groups is 1. The standard InChI is InChI=1S/C18H17N5O3/c1-3-22-11-19-21-17(22)13-6-4-7-14(10-13)20-18(24)15-8-5-9-16(12(15)2)23(25)26/h4-11H,3H2,1-2H3,(H,20,24). The van der Waals surface area contributed by atoms with Crippen molar-refractivity contribution in [3.63, 3.8) is 0 Å². The van der Waals surface area contributed by atoms with Crippen molar-refractivity contribution in [1.82, 2.24) is 14.8 Å². The van der Waals surface area contributed by atoms with E-state index in [-0.39, 0.29) is 11.3 Å². The number of hydrogen-bond acceptors (Lipinski definition) is 5. The predicted molar refractivity (Wildman–Crippen MR) is 96.9 cm³/mol. The fraction of sp³-hybridized carbons (Fsp3) is 0.167. The maximum Gasteiger partial charge on any atom is 0.273 e. The maximum absolute atomic E-state index is 12.6. The molecular weight excluding hydrogens is 334 g/mol. The van der Waals surface area contributed by atoms with Gasteiger partial charge in [-0.25, -0.2) is 0 Å². The lowest BCUT2D eigenvalue weighted by molar-refractivity contribution is -0.385. The first-order valence-electron chi connectivity index (χ1n) is 8.05. The first-order chi connectivity index (χ1) is 12.5. The van der Waals surface area contributed by atoms with Crippen molar-refractivity contribution < 1.29 is 9.72 Å². The van der Waals surface area contributed by atoms with Gasteiger partial charge in [-0.1, -0.05) is 18.2 Å². The summed E-state index contributed by atoms with van der Waals surface area (Å²) in [7, 11) is 0. The van der Waals surface area contributed by atoms with Gasteiger partial charge in [0.1, 0.15) is 6.33 Å². The van der Waals surface area contributed by atoms with Gasteiger partial charge >= 0.3 is 0 Å².